The van der Waals surface area contributed by atoms with Crippen LogP contribution in [0.3, 0.4) is 0 Å². The Balaban J connectivity index is 1.54. The molecule has 5 nitrogen and oxygen atoms in total. The van der Waals surface area contributed by atoms with Crippen LogP contribution in [0.25, 0.3) is 5.57 Å². The molecule has 0 saturated heterocycles. The van der Waals surface area contributed by atoms with Gasteiger partial charge in [-0.2, -0.15) is 0 Å². The molecule has 0 unspecified atom stereocenters. The summed E-state index contributed by atoms with van der Waals surface area (Å²) in [6.45, 7) is 7.36. The molecule has 2 heterocycles. The molecule has 5 heteroatoms. The summed E-state index contributed by atoms with van der Waals surface area (Å²) in [5, 5.41) is 0. The molecular weight excluding hydrogens is 422 g/mol. The van der Waals surface area contributed by atoms with Crippen molar-refractivity contribution in [3.63, 3.8) is 0 Å². The molecule has 2 aliphatic rings. The summed E-state index contributed by atoms with van der Waals surface area (Å²) >= 11 is 0. The van der Waals surface area contributed by atoms with Crippen LogP contribution in [0.4, 0.5) is 11.4 Å². The second-order valence-electron chi connectivity index (χ2n) is 8.66. The Morgan fingerprint density at radius 3 is 2.09 bits per heavy atom. The summed E-state index contributed by atoms with van der Waals surface area (Å²) in [4.78, 5) is 33.2. The minimum Gasteiger partial charge on any atom is -0.372 e. The quantitative estimate of drug-likeness (QED) is 0.501. The van der Waals surface area contributed by atoms with Crippen LogP contribution in [0, 0.1) is 0 Å². The number of anilines is 2. The van der Waals surface area contributed by atoms with Gasteiger partial charge < -0.3 is 9.80 Å². The SMILES string of the molecule is CCN(CC)c1ccc(N2C(=O)C(c3ccccc3)=C(N3CCc4ccccc4C3)C2=O)cc1. The first kappa shape index (κ1) is 22.0. The maximum atomic E-state index is 13.8. The van der Waals surface area contributed by atoms with Gasteiger partial charge in [0.25, 0.3) is 11.8 Å². The molecule has 0 aromatic heterocycles. The summed E-state index contributed by atoms with van der Waals surface area (Å²) in [5.74, 6) is -0.514. The molecule has 0 bridgehead atoms. The molecule has 3 aromatic carbocycles. The summed E-state index contributed by atoms with van der Waals surface area (Å²) in [6.07, 6.45) is 0.849. The predicted octanol–water partition coefficient (Wildman–Crippen LogP) is 4.88. The van der Waals surface area contributed by atoms with E-state index in [1.807, 2.05) is 60.7 Å². The first-order valence-corrected chi connectivity index (χ1v) is 12.0. The predicted molar refractivity (Wildman–Crippen MR) is 136 cm³/mol. The Morgan fingerprint density at radius 2 is 1.41 bits per heavy atom. The number of carbonyl (C=O) groups is 2. The van der Waals surface area contributed by atoms with Crippen LogP contribution in [0.5, 0.6) is 0 Å². The highest BCUT2D eigenvalue weighted by Crippen LogP contribution is 2.37. The molecule has 3 aromatic rings. The lowest BCUT2D eigenvalue weighted by molar-refractivity contribution is -0.120. The molecule has 0 saturated carbocycles. The fourth-order valence-electron chi connectivity index (χ4n) is 5.00. The van der Waals surface area contributed by atoms with Crippen molar-refractivity contribution >= 4 is 28.8 Å². The lowest BCUT2D eigenvalue weighted by atomic mass is 9.98. The average molecular weight is 452 g/mol. The maximum Gasteiger partial charge on any atom is 0.282 e. The van der Waals surface area contributed by atoms with Crippen LogP contribution in [-0.4, -0.2) is 36.3 Å². The van der Waals surface area contributed by atoms with Gasteiger partial charge in [0.2, 0.25) is 0 Å². The van der Waals surface area contributed by atoms with E-state index < -0.39 is 0 Å². The van der Waals surface area contributed by atoms with Gasteiger partial charge in [-0.25, -0.2) is 4.90 Å². The fraction of sp³-hybridized carbons (Fsp3) is 0.241. The van der Waals surface area contributed by atoms with Crippen LogP contribution in [0.2, 0.25) is 0 Å². The number of benzene rings is 3. The van der Waals surface area contributed by atoms with Crippen molar-refractivity contribution in [1.29, 1.82) is 0 Å². The Morgan fingerprint density at radius 1 is 0.765 bits per heavy atom. The summed E-state index contributed by atoms with van der Waals surface area (Å²) < 4.78 is 0. The molecule has 2 amide bonds. The molecule has 0 radical (unpaired) electrons. The molecule has 0 atom stereocenters. The standard InChI is InChI=1S/C29H29N3O2/c1-3-30(4-2)24-14-16-25(17-15-24)32-28(33)26(22-11-6-5-7-12-22)27(29(32)34)31-19-18-21-10-8-9-13-23(21)20-31/h5-17H,3-4,18-20H2,1-2H3. The minimum atomic E-state index is -0.263. The van der Waals surface area contributed by atoms with Gasteiger partial charge in [0, 0.05) is 31.9 Å². The largest absolute Gasteiger partial charge is 0.372 e. The number of fused-ring (bicyclic) bond motifs is 1. The van der Waals surface area contributed by atoms with Crippen LogP contribution >= 0.6 is 0 Å². The van der Waals surface area contributed by atoms with Crippen molar-refractivity contribution in [1.82, 2.24) is 4.90 Å². The van der Waals surface area contributed by atoms with E-state index in [0.717, 1.165) is 30.8 Å². The van der Waals surface area contributed by atoms with Crippen molar-refractivity contribution in [2.45, 2.75) is 26.8 Å². The number of carbonyl (C=O) groups excluding carboxylic acids is 2. The molecule has 0 aliphatic carbocycles. The van der Waals surface area contributed by atoms with Gasteiger partial charge >= 0.3 is 0 Å². The van der Waals surface area contributed by atoms with E-state index in [-0.39, 0.29) is 11.8 Å². The Labute approximate surface area is 200 Å². The summed E-state index contributed by atoms with van der Waals surface area (Å²) in [6, 6.07) is 25.6. The lowest BCUT2D eigenvalue weighted by Crippen LogP contribution is -2.37. The zero-order chi connectivity index (χ0) is 23.7. The first-order valence-electron chi connectivity index (χ1n) is 12.0. The normalized spacial score (nSPS) is 15.7. The lowest BCUT2D eigenvalue weighted by Gasteiger charge is -2.31. The maximum absolute atomic E-state index is 13.8. The zero-order valence-electron chi connectivity index (χ0n) is 19.7. The van der Waals surface area contributed by atoms with Crippen LogP contribution in [0.1, 0.15) is 30.5 Å². The van der Waals surface area contributed by atoms with Gasteiger partial charge in [-0.05, 0) is 61.2 Å². The number of hydrogen-bond acceptors (Lipinski definition) is 4. The van der Waals surface area contributed by atoms with E-state index in [4.69, 9.17) is 0 Å². The molecule has 34 heavy (non-hydrogen) atoms. The number of nitrogens with zero attached hydrogens (tertiary/aromatic N) is 3. The monoisotopic (exact) mass is 451 g/mol. The molecule has 0 fully saturated rings. The highest BCUT2D eigenvalue weighted by Gasteiger charge is 2.43. The van der Waals surface area contributed by atoms with Crippen molar-refractivity contribution < 1.29 is 9.59 Å². The summed E-state index contributed by atoms with van der Waals surface area (Å²) in [5.41, 5.74) is 5.95. The van der Waals surface area contributed by atoms with E-state index >= 15 is 0 Å². The van der Waals surface area contributed by atoms with Crippen molar-refractivity contribution in [2.75, 3.05) is 29.4 Å². The van der Waals surface area contributed by atoms with Crippen LogP contribution in [0.15, 0.2) is 84.6 Å². The molecule has 172 valence electrons. The summed E-state index contributed by atoms with van der Waals surface area (Å²) in [7, 11) is 0. The minimum absolute atomic E-state index is 0.251. The second-order valence-corrected chi connectivity index (χ2v) is 8.66. The van der Waals surface area contributed by atoms with Crippen LogP contribution < -0.4 is 9.80 Å². The van der Waals surface area contributed by atoms with E-state index in [9.17, 15) is 9.59 Å². The Hall–Kier alpha value is -3.86. The smallest absolute Gasteiger partial charge is 0.282 e. The Kier molecular flexibility index (Phi) is 5.93. The third-order valence-electron chi connectivity index (χ3n) is 6.81. The highest BCUT2D eigenvalue weighted by atomic mass is 16.2. The molecule has 0 spiro atoms. The third-order valence-corrected chi connectivity index (χ3v) is 6.81. The molecule has 0 N–H and O–H groups in total. The van der Waals surface area contributed by atoms with Gasteiger partial charge in [-0.1, -0.05) is 54.6 Å². The van der Waals surface area contributed by atoms with Gasteiger partial charge in [0.15, 0.2) is 0 Å². The second kappa shape index (κ2) is 9.18. The van der Waals surface area contributed by atoms with Gasteiger partial charge in [0.1, 0.15) is 5.70 Å². The molecule has 5 rings (SSSR count). The topological polar surface area (TPSA) is 43.9 Å². The third kappa shape index (κ3) is 3.77. The number of imide groups is 1. The number of rotatable bonds is 6. The van der Waals surface area contributed by atoms with E-state index in [0.29, 0.717) is 30.0 Å². The van der Waals surface area contributed by atoms with Gasteiger partial charge in [0.05, 0.1) is 11.3 Å². The van der Waals surface area contributed by atoms with Gasteiger partial charge in [-0.15, -0.1) is 0 Å². The Bertz CT molecular complexity index is 1240. The molecule has 2 aliphatic heterocycles. The van der Waals surface area contributed by atoms with E-state index in [1.54, 1.807) is 0 Å². The zero-order valence-corrected chi connectivity index (χ0v) is 19.7. The van der Waals surface area contributed by atoms with Crippen molar-refractivity contribution in [2.24, 2.45) is 0 Å². The number of amides is 2. The van der Waals surface area contributed by atoms with E-state index in [2.05, 4.69) is 41.8 Å². The van der Waals surface area contributed by atoms with Crippen molar-refractivity contribution in [3.05, 3.63) is 101 Å². The molecular formula is C29H29N3O2. The average Bonchev–Trinajstić information content (AvgIpc) is 3.15. The number of hydrogen-bond donors (Lipinski definition) is 0. The first-order chi connectivity index (χ1) is 16.6. The van der Waals surface area contributed by atoms with Crippen LogP contribution in [-0.2, 0) is 22.6 Å². The van der Waals surface area contributed by atoms with Gasteiger partial charge in [-0.3, -0.25) is 9.59 Å². The fourth-order valence-corrected chi connectivity index (χ4v) is 5.00. The van der Waals surface area contributed by atoms with E-state index in [1.165, 1.54) is 16.0 Å². The van der Waals surface area contributed by atoms with Crippen molar-refractivity contribution in [3.8, 4) is 0 Å². The highest BCUT2D eigenvalue weighted by molar-refractivity contribution is 6.45.